The number of hydrogen-bond donors (Lipinski definition) is 1. The monoisotopic (exact) mass is 276 g/mol. The van der Waals surface area contributed by atoms with E-state index in [1.54, 1.807) is 29.2 Å². The van der Waals surface area contributed by atoms with Crippen LogP contribution in [0.1, 0.15) is 31.2 Å². The summed E-state index contributed by atoms with van der Waals surface area (Å²) in [5, 5.41) is 0. The Labute approximate surface area is 119 Å². The Kier molecular flexibility index (Phi) is 4.90. The van der Waals surface area contributed by atoms with Crippen LogP contribution in [0, 0.1) is 5.82 Å². The quantitative estimate of drug-likeness (QED) is 0.862. The standard InChI is InChI=1S/C16H21FN2O/c1-19(15-9-7-14(18)8-10-15)16(20)11-4-12-2-5-13(17)6-3-12/h2-6,11,14-15H,7-10,18H2,1H3. The number of carbonyl (C=O) groups excluding carboxylic acids is 1. The molecule has 3 nitrogen and oxygen atoms in total. The van der Waals surface area contributed by atoms with Gasteiger partial charge in [-0.15, -0.1) is 0 Å². The molecule has 1 aromatic rings. The molecule has 1 saturated carbocycles. The van der Waals surface area contributed by atoms with E-state index in [4.69, 9.17) is 5.73 Å². The third-order valence-electron chi connectivity index (χ3n) is 3.93. The normalized spacial score (nSPS) is 22.9. The molecule has 0 saturated heterocycles. The number of likely N-dealkylation sites (N-methyl/N-ethyl adjacent to an activating group) is 1. The van der Waals surface area contributed by atoms with Crippen LogP contribution in [-0.2, 0) is 4.79 Å². The minimum atomic E-state index is -0.274. The molecule has 0 atom stereocenters. The van der Waals surface area contributed by atoms with Gasteiger partial charge in [0.15, 0.2) is 0 Å². The zero-order valence-corrected chi connectivity index (χ0v) is 11.8. The van der Waals surface area contributed by atoms with Gasteiger partial charge in [-0.25, -0.2) is 4.39 Å². The maximum atomic E-state index is 12.8. The fourth-order valence-electron chi connectivity index (χ4n) is 2.53. The van der Waals surface area contributed by atoms with Crippen molar-refractivity contribution in [2.24, 2.45) is 5.73 Å². The number of benzene rings is 1. The first-order chi connectivity index (χ1) is 9.56. The lowest BCUT2D eigenvalue weighted by Crippen LogP contribution is -2.41. The zero-order chi connectivity index (χ0) is 14.5. The van der Waals surface area contributed by atoms with Crippen LogP contribution < -0.4 is 5.73 Å². The van der Waals surface area contributed by atoms with Gasteiger partial charge in [-0.2, -0.15) is 0 Å². The van der Waals surface area contributed by atoms with Gasteiger partial charge in [0.1, 0.15) is 5.82 Å². The third-order valence-corrected chi connectivity index (χ3v) is 3.93. The minimum absolute atomic E-state index is 0.0187. The van der Waals surface area contributed by atoms with Crippen LogP contribution >= 0.6 is 0 Å². The Bertz CT molecular complexity index is 476. The first-order valence-corrected chi connectivity index (χ1v) is 7.02. The van der Waals surface area contributed by atoms with Gasteiger partial charge in [0, 0.05) is 25.2 Å². The lowest BCUT2D eigenvalue weighted by Gasteiger charge is -2.32. The number of amides is 1. The number of nitrogens with zero attached hydrogens (tertiary/aromatic N) is 1. The van der Waals surface area contributed by atoms with Gasteiger partial charge < -0.3 is 10.6 Å². The molecule has 1 aliphatic carbocycles. The van der Waals surface area contributed by atoms with E-state index in [0.29, 0.717) is 0 Å². The number of halogens is 1. The Morgan fingerprint density at radius 1 is 1.25 bits per heavy atom. The van der Waals surface area contributed by atoms with Crippen molar-refractivity contribution in [3.63, 3.8) is 0 Å². The molecule has 4 heteroatoms. The molecule has 0 radical (unpaired) electrons. The Morgan fingerprint density at radius 2 is 1.85 bits per heavy atom. The molecule has 1 aliphatic rings. The number of nitrogens with two attached hydrogens (primary N) is 1. The van der Waals surface area contributed by atoms with E-state index < -0.39 is 0 Å². The molecular weight excluding hydrogens is 255 g/mol. The van der Waals surface area contributed by atoms with Crippen molar-refractivity contribution in [1.29, 1.82) is 0 Å². The molecule has 1 aromatic carbocycles. The molecular formula is C16H21FN2O. The van der Waals surface area contributed by atoms with Gasteiger partial charge in [-0.3, -0.25) is 4.79 Å². The number of carbonyl (C=O) groups is 1. The smallest absolute Gasteiger partial charge is 0.246 e. The van der Waals surface area contributed by atoms with E-state index >= 15 is 0 Å². The average Bonchev–Trinajstić information content (AvgIpc) is 2.46. The van der Waals surface area contributed by atoms with Gasteiger partial charge in [-0.05, 0) is 49.5 Å². The maximum absolute atomic E-state index is 12.8. The molecule has 0 heterocycles. The van der Waals surface area contributed by atoms with Crippen molar-refractivity contribution >= 4 is 12.0 Å². The van der Waals surface area contributed by atoms with Crippen LogP contribution in [0.3, 0.4) is 0 Å². The third kappa shape index (κ3) is 3.90. The van der Waals surface area contributed by atoms with E-state index in [9.17, 15) is 9.18 Å². The second-order valence-electron chi connectivity index (χ2n) is 5.40. The first kappa shape index (κ1) is 14.7. The molecule has 0 bridgehead atoms. The van der Waals surface area contributed by atoms with Crippen molar-refractivity contribution in [3.05, 3.63) is 41.7 Å². The van der Waals surface area contributed by atoms with Gasteiger partial charge >= 0.3 is 0 Å². The summed E-state index contributed by atoms with van der Waals surface area (Å²) in [7, 11) is 1.83. The van der Waals surface area contributed by atoms with E-state index in [1.165, 1.54) is 12.1 Å². The Hall–Kier alpha value is -1.68. The lowest BCUT2D eigenvalue weighted by atomic mass is 9.91. The highest BCUT2D eigenvalue weighted by atomic mass is 19.1. The summed E-state index contributed by atoms with van der Waals surface area (Å²) < 4.78 is 12.8. The molecule has 20 heavy (non-hydrogen) atoms. The zero-order valence-electron chi connectivity index (χ0n) is 11.8. The molecule has 0 unspecified atom stereocenters. The summed E-state index contributed by atoms with van der Waals surface area (Å²) >= 11 is 0. The second-order valence-corrected chi connectivity index (χ2v) is 5.40. The van der Waals surface area contributed by atoms with Crippen molar-refractivity contribution in [2.75, 3.05) is 7.05 Å². The summed E-state index contributed by atoms with van der Waals surface area (Å²) in [6, 6.07) is 6.63. The van der Waals surface area contributed by atoms with E-state index in [0.717, 1.165) is 31.2 Å². The van der Waals surface area contributed by atoms with Gasteiger partial charge in [-0.1, -0.05) is 12.1 Å². The molecule has 0 aromatic heterocycles. The first-order valence-electron chi connectivity index (χ1n) is 7.02. The van der Waals surface area contributed by atoms with Crippen LogP contribution in [0.4, 0.5) is 4.39 Å². The molecule has 2 N–H and O–H groups in total. The molecule has 0 spiro atoms. The van der Waals surface area contributed by atoms with Gasteiger partial charge in [0.25, 0.3) is 0 Å². The fraction of sp³-hybridized carbons (Fsp3) is 0.438. The molecule has 0 aliphatic heterocycles. The minimum Gasteiger partial charge on any atom is -0.339 e. The number of hydrogen-bond acceptors (Lipinski definition) is 2. The Morgan fingerprint density at radius 3 is 2.45 bits per heavy atom. The van der Waals surface area contributed by atoms with Crippen LogP contribution in [0.5, 0.6) is 0 Å². The highest BCUT2D eigenvalue weighted by Gasteiger charge is 2.23. The second kappa shape index (κ2) is 6.66. The maximum Gasteiger partial charge on any atom is 0.246 e. The highest BCUT2D eigenvalue weighted by molar-refractivity contribution is 5.91. The topological polar surface area (TPSA) is 46.3 Å². The van der Waals surface area contributed by atoms with Gasteiger partial charge in [0.2, 0.25) is 5.91 Å². The summed E-state index contributed by atoms with van der Waals surface area (Å²) in [6.07, 6.45) is 7.14. The molecule has 2 rings (SSSR count). The molecule has 108 valence electrons. The van der Waals surface area contributed by atoms with Crippen molar-refractivity contribution in [3.8, 4) is 0 Å². The Balaban J connectivity index is 1.92. The molecule has 1 fully saturated rings. The van der Waals surface area contributed by atoms with Crippen molar-refractivity contribution in [1.82, 2.24) is 4.90 Å². The predicted molar refractivity (Wildman–Crippen MR) is 78.4 cm³/mol. The number of rotatable bonds is 3. The molecule has 1 amide bonds. The average molecular weight is 276 g/mol. The summed E-state index contributed by atoms with van der Waals surface area (Å²) in [6.45, 7) is 0. The van der Waals surface area contributed by atoms with E-state index in [2.05, 4.69) is 0 Å². The van der Waals surface area contributed by atoms with Crippen molar-refractivity contribution < 1.29 is 9.18 Å². The van der Waals surface area contributed by atoms with Crippen molar-refractivity contribution in [2.45, 2.75) is 37.8 Å². The summed E-state index contributed by atoms with van der Waals surface area (Å²) in [4.78, 5) is 13.9. The van der Waals surface area contributed by atoms with Crippen LogP contribution in [0.15, 0.2) is 30.3 Å². The summed E-state index contributed by atoms with van der Waals surface area (Å²) in [5.74, 6) is -0.293. The largest absolute Gasteiger partial charge is 0.339 e. The fourth-order valence-corrected chi connectivity index (χ4v) is 2.53. The van der Waals surface area contributed by atoms with Crippen LogP contribution in [0.25, 0.3) is 6.08 Å². The lowest BCUT2D eigenvalue weighted by molar-refractivity contribution is -0.127. The van der Waals surface area contributed by atoms with Crippen LogP contribution in [-0.4, -0.2) is 29.9 Å². The van der Waals surface area contributed by atoms with Gasteiger partial charge in [0.05, 0.1) is 0 Å². The van der Waals surface area contributed by atoms with Crippen LogP contribution in [0.2, 0.25) is 0 Å². The SMILES string of the molecule is CN(C(=O)C=Cc1ccc(F)cc1)C1CCC(N)CC1. The summed E-state index contributed by atoms with van der Waals surface area (Å²) in [5.41, 5.74) is 6.69. The predicted octanol–water partition coefficient (Wildman–Crippen LogP) is 2.57. The van der Waals surface area contributed by atoms with E-state index in [-0.39, 0.29) is 23.8 Å². The van der Waals surface area contributed by atoms with E-state index in [1.807, 2.05) is 7.05 Å². The highest BCUT2D eigenvalue weighted by Crippen LogP contribution is 2.21.